The molecule has 17 heavy (non-hydrogen) atoms. The number of benzene rings is 1. The molecule has 0 radical (unpaired) electrons. The first-order valence-electron chi connectivity index (χ1n) is 3.78. The fourth-order valence-electron chi connectivity index (χ4n) is 0.840. The Labute approximate surface area is 107 Å². The van der Waals surface area contributed by atoms with Crippen molar-refractivity contribution >= 4 is 41.9 Å². The van der Waals surface area contributed by atoms with Gasteiger partial charge in [0.05, 0.1) is 4.47 Å². The monoisotopic (exact) mass is 349 g/mol. The first-order chi connectivity index (χ1) is 7.69. The maximum absolute atomic E-state index is 13.1. The fraction of sp³-hybridized carbons (Fsp3) is 0. The Morgan fingerprint density at radius 1 is 1.41 bits per heavy atom. The van der Waals surface area contributed by atoms with Crippen LogP contribution in [0.4, 0.5) is 13.6 Å². The molecule has 0 saturated heterocycles. The van der Waals surface area contributed by atoms with Crippen LogP contribution in [0.15, 0.2) is 16.6 Å². The summed E-state index contributed by atoms with van der Waals surface area (Å²) < 4.78 is 52.0. The molecule has 0 atom stereocenters. The first-order valence-corrected chi connectivity index (χ1v) is 6.88. The first kappa shape index (κ1) is 14.1. The van der Waals surface area contributed by atoms with Crippen molar-refractivity contribution in [3.05, 3.63) is 28.2 Å². The molecule has 0 bridgehead atoms. The molecule has 0 aromatic heterocycles. The summed E-state index contributed by atoms with van der Waals surface area (Å²) >= 11 is 2.74. The fourth-order valence-corrected chi connectivity index (χ4v) is 1.76. The number of nitrogens with one attached hydrogen (secondary N) is 1. The smallest absolute Gasteiger partial charge is 0.405 e. The minimum atomic E-state index is -4.34. The van der Waals surface area contributed by atoms with Crippen molar-refractivity contribution in [3.63, 3.8) is 0 Å². The number of rotatable bonds is 2. The van der Waals surface area contributed by atoms with Crippen molar-refractivity contribution in [1.29, 1.82) is 0 Å². The Morgan fingerprint density at radius 2 is 2.00 bits per heavy atom. The zero-order valence-corrected chi connectivity index (χ0v) is 10.9. The Balaban J connectivity index is 2.93. The van der Waals surface area contributed by atoms with Gasteiger partial charge in [-0.15, -0.1) is 0 Å². The molecule has 94 valence electrons. The molecule has 0 aliphatic rings. The molecule has 1 N–H and O–H groups in total. The van der Waals surface area contributed by atoms with Crippen LogP contribution >= 0.6 is 26.6 Å². The minimum absolute atomic E-state index is 0.197. The van der Waals surface area contributed by atoms with Crippen molar-refractivity contribution in [2.45, 2.75) is 0 Å². The summed E-state index contributed by atoms with van der Waals surface area (Å²) in [6.45, 7) is 0. The summed E-state index contributed by atoms with van der Waals surface area (Å²) in [5, 5.41) is 0. The van der Waals surface area contributed by atoms with E-state index in [0.29, 0.717) is 6.07 Å². The van der Waals surface area contributed by atoms with Gasteiger partial charge in [0, 0.05) is 16.7 Å². The quantitative estimate of drug-likeness (QED) is 0.831. The molecular weight excluding hydrogens is 347 g/mol. The molecule has 1 aromatic rings. The van der Waals surface area contributed by atoms with E-state index >= 15 is 0 Å². The van der Waals surface area contributed by atoms with Gasteiger partial charge in [-0.1, -0.05) is 0 Å². The van der Waals surface area contributed by atoms with Gasteiger partial charge in [-0.25, -0.2) is 18.3 Å². The molecule has 0 heterocycles. The Hall–Kier alpha value is -0.930. The van der Waals surface area contributed by atoms with Crippen molar-refractivity contribution in [2.75, 3.05) is 0 Å². The van der Waals surface area contributed by atoms with Crippen LogP contribution in [-0.4, -0.2) is 14.5 Å². The number of carbonyl (C=O) groups is 1. The van der Waals surface area contributed by atoms with Crippen LogP contribution in [0, 0.1) is 11.6 Å². The molecule has 0 unspecified atom stereocenters. The topological polar surface area (TPSA) is 72.5 Å². The molecule has 5 nitrogen and oxygen atoms in total. The normalized spacial score (nSPS) is 11.1. The predicted octanol–water partition coefficient (Wildman–Crippen LogP) is 2.30. The lowest BCUT2D eigenvalue weighted by Gasteiger charge is -2.07. The lowest BCUT2D eigenvalue weighted by Crippen LogP contribution is -2.29. The van der Waals surface area contributed by atoms with Gasteiger partial charge in [-0.05, 0) is 22.0 Å². The van der Waals surface area contributed by atoms with E-state index in [-0.39, 0.29) is 4.47 Å². The third kappa shape index (κ3) is 4.44. The molecular formula is C7H3BrClF2NO4S. The van der Waals surface area contributed by atoms with Crippen molar-refractivity contribution in [1.82, 2.24) is 4.72 Å². The van der Waals surface area contributed by atoms with E-state index in [0.717, 1.165) is 6.07 Å². The van der Waals surface area contributed by atoms with E-state index < -0.39 is 32.7 Å². The Morgan fingerprint density at radius 3 is 2.47 bits per heavy atom. The summed E-state index contributed by atoms with van der Waals surface area (Å²) in [6.07, 6.45) is -1.52. The number of hydrogen-bond acceptors (Lipinski definition) is 4. The van der Waals surface area contributed by atoms with Gasteiger partial charge in [0.2, 0.25) is 0 Å². The zero-order chi connectivity index (χ0) is 13.2. The van der Waals surface area contributed by atoms with Gasteiger partial charge in [0.25, 0.3) is 0 Å². The maximum atomic E-state index is 13.1. The number of amides is 1. The third-order valence-corrected chi connectivity index (χ3v) is 2.59. The molecule has 0 fully saturated rings. The Kier molecular flexibility index (Phi) is 4.28. The second-order valence-corrected chi connectivity index (χ2v) is 5.78. The SMILES string of the molecule is O=C(NS(=O)(=O)Cl)Oc1c(F)cc(F)cc1Br. The lowest BCUT2D eigenvalue weighted by atomic mass is 10.3. The second kappa shape index (κ2) is 5.15. The average molecular weight is 351 g/mol. The van der Waals surface area contributed by atoms with Gasteiger partial charge in [0.15, 0.2) is 11.6 Å². The zero-order valence-electron chi connectivity index (χ0n) is 7.71. The molecule has 10 heteroatoms. The highest BCUT2D eigenvalue weighted by atomic mass is 79.9. The van der Waals surface area contributed by atoms with E-state index in [2.05, 4.69) is 20.7 Å². The minimum Gasteiger partial charge on any atom is -0.405 e. The van der Waals surface area contributed by atoms with Crippen molar-refractivity contribution < 1.29 is 26.7 Å². The van der Waals surface area contributed by atoms with E-state index in [9.17, 15) is 22.0 Å². The highest BCUT2D eigenvalue weighted by molar-refractivity contribution is 9.10. The van der Waals surface area contributed by atoms with Gasteiger partial charge < -0.3 is 4.74 Å². The summed E-state index contributed by atoms with van der Waals surface area (Å²) in [5.41, 5.74) is 0. The largest absolute Gasteiger partial charge is 0.427 e. The van der Waals surface area contributed by atoms with E-state index in [4.69, 9.17) is 10.7 Å². The Bertz CT molecular complexity index is 542. The standard InChI is InChI=1S/C7H3BrClF2NO4S/c8-4-1-3(10)2-5(11)6(4)16-7(13)12-17(9,14)15/h1-2H,(H,12,13). The highest BCUT2D eigenvalue weighted by Crippen LogP contribution is 2.29. The number of hydrogen-bond donors (Lipinski definition) is 1. The van der Waals surface area contributed by atoms with Crippen LogP contribution in [0.25, 0.3) is 0 Å². The summed E-state index contributed by atoms with van der Waals surface area (Å²) in [5.74, 6) is -2.74. The van der Waals surface area contributed by atoms with Gasteiger partial charge in [-0.3, -0.25) is 0 Å². The maximum Gasteiger partial charge on any atom is 0.427 e. The van der Waals surface area contributed by atoms with Crippen LogP contribution < -0.4 is 9.46 Å². The predicted molar refractivity (Wildman–Crippen MR) is 58.0 cm³/mol. The van der Waals surface area contributed by atoms with Gasteiger partial charge in [-0.2, -0.15) is 8.42 Å². The average Bonchev–Trinajstić information content (AvgIpc) is 2.08. The molecule has 0 aliphatic carbocycles. The molecule has 0 saturated carbocycles. The number of ether oxygens (including phenoxy) is 1. The summed E-state index contributed by atoms with van der Waals surface area (Å²) in [7, 11) is 0.352. The molecule has 0 aliphatic heterocycles. The van der Waals surface area contributed by atoms with E-state index in [1.54, 1.807) is 0 Å². The molecule has 0 spiro atoms. The summed E-state index contributed by atoms with van der Waals surface area (Å²) in [4.78, 5) is 10.9. The number of halogens is 4. The van der Waals surface area contributed by atoms with Crippen LogP contribution in [0.1, 0.15) is 0 Å². The molecule has 1 rings (SSSR count). The summed E-state index contributed by atoms with van der Waals surface area (Å²) in [6, 6.07) is 1.30. The van der Waals surface area contributed by atoms with Gasteiger partial charge in [0.1, 0.15) is 5.82 Å². The van der Waals surface area contributed by atoms with E-state index in [1.165, 1.54) is 4.72 Å². The lowest BCUT2D eigenvalue weighted by molar-refractivity contribution is 0.204. The second-order valence-electron chi connectivity index (χ2n) is 2.63. The van der Waals surface area contributed by atoms with Crippen molar-refractivity contribution in [2.24, 2.45) is 0 Å². The van der Waals surface area contributed by atoms with Crippen LogP contribution in [0.3, 0.4) is 0 Å². The van der Waals surface area contributed by atoms with Crippen LogP contribution in [0.5, 0.6) is 5.75 Å². The van der Waals surface area contributed by atoms with Crippen LogP contribution in [-0.2, 0) is 9.24 Å². The third-order valence-electron chi connectivity index (χ3n) is 1.36. The highest BCUT2D eigenvalue weighted by Gasteiger charge is 2.18. The molecule has 1 amide bonds. The van der Waals surface area contributed by atoms with Gasteiger partial charge >= 0.3 is 15.3 Å². The number of carbonyl (C=O) groups excluding carboxylic acids is 1. The molecule has 1 aromatic carbocycles. The van der Waals surface area contributed by atoms with Crippen molar-refractivity contribution in [3.8, 4) is 5.75 Å². The van der Waals surface area contributed by atoms with E-state index in [1.807, 2.05) is 0 Å². The van der Waals surface area contributed by atoms with Crippen LogP contribution in [0.2, 0.25) is 0 Å².